The predicted molar refractivity (Wildman–Crippen MR) is 176 cm³/mol. The zero-order valence-electron chi connectivity index (χ0n) is 27.0. The van der Waals surface area contributed by atoms with Gasteiger partial charge in [-0.3, -0.25) is 15.0 Å². The summed E-state index contributed by atoms with van der Waals surface area (Å²) in [6, 6.07) is 5.37. The van der Waals surface area contributed by atoms with Crippen LogP contribution in [0.4, 0.5) is 10.1 Å². The van der Waals surface area contributed by atoms with Crippen molar-refractivity contribution in [3.05, 3.63) is 46.3 Å². The van der Waals surface area contributed by atoms with Crippen molar-refractivity contribution < 1.29 is 38.0 Å². The number of carbonyl (C=O) groups excluding carboxylic acids is 1. The number of nitrogens with zero attached hydrogens (tertiary/aromatic N) is 2. The molecule has 248 valence electrons. The number of rotatable bonds is 14. The predicted octanol–water partition coefficient (Wildman–Crippen LogP) is 5.85. The largest absolute Gasteiger partial charge is 0.493 e. The van der Waals surface area contributed by atoms with Gasteiger partial charge < -0.3 is 33.9 Å². The highest BCUT2D eigenvalue weighted by Crippen LogP contribution is 2.43. The van der Waals surface area contributed by atoms with Crippen LogP contribution >= 0.6 is 17.0 Å². The minimum Gasteiger partial charge on any atom is -0.493 e. The van der Waals surface area contributed by atoms with Gasteiger partial charge in [-0.2, -0.15) is 0 Å². The second-order valence-corrected chi connectivity index (χ2v) is 12.5. The van der Waals surface area contributed by atoms with E-state index < -0.39 is 11.8 Å². The number of halogens is 2. The van der Waals surface area contributed by atoms with Crippen LogP contribution < -0.4 is 19.1 Å². The standard InChI is InChI=1S/C33H44FN3O7.BrH/c1-33(2,3)23-13-21(25(38)18-37-17-22-15-26(42-5)31(43-6)29(34)28(22)32(37)35)14-24(36-11-10-20(16-36)19-41-4)30(23)44-12-8-7-9-27(39)40;/h13-15,20,35H,7-12,16-19H2,1-6H3,(H,39,40);1H. The third-order valence-corrected chi connectivity index (χ3v) is 8.20. The topological polar surface area (TPSA) is 122 Å². The number of hydrogen-bond donors (Lipinski definition) is 2. The van der Waals surface area contributed by atoms with Crippen LogP contribution in [0.2, 0.25) is 0 Å². The van der Waals surface area contributed by atoms with Gasteiger partial charge in [0.25, 0.3) is 0 Å². The fraction of sp³-hybridized carbons (Fsp3) is 0.545. The number of fused-ring (bicyclic) bond motifs is 1. The molecule has 12 heteroatoms. The van der Waals surface area contributed by atoms with Gasteiger partial charge in [-0.05, 0) is 48.4 Å². The number of carbonyl (C=O) groups is 2. The van der Waals surface area contributed by atoms with Crippen molar-refractivity contribution in [2.45, 2.75) is 58.4 Å². The van der Waals surface area contributed by atoms with E-state index in [0.29, 0.717) is 48.8 Å². The molecule has 10 nitrogen and oxygen atoms in total. The smallest absolute Gasteiger partial charge is 0.303 e. The molecule has 45 heavy (non-hydrogen) atoms. The average Bonchev–Trinajstić information content (AvgIpc) is 3.56. The Morgan fingerprint density at radius 2 is 1.82 bits per heavy atom. The first kappa shape index (κ1) is 36.1. The second kappa shape index (κ2) is 15.3. The van der Waals surface area contributed by atoms with Crippen molar-refractivity contribution in [1.82, 2.24) is 4.90 Å². The first-order chi connectivity index (χ1) is 20.9. The summed E-state index contributed by atoms with van der Waals surface area (Å²) in [7, 11) is 4.47. The van der Waals surface area contributed by atoms with Gasteiger partial charge in [0.1, 0.15) is 11.6 Å². The molecule has 2 aliphatic rings. The van der Waals surface area contributed by atoms with Crippen molar-refractivity contribution in [1.29, 1.82) is 5.41 Å². The van der Waals surface area contributed by atoms with Crippen LogP contribution in [0.15, 0.2) is 18.2 Å². The van der Waals surface area contributed by atoms with Crippen LogP contribution in [-0.4, -0.2) is 81.8 Å². The van der Waals surface area contributed by atoms with E-state index in [4.69, 9.17) is 29.5 Å². The monoisotopic (exact) mass is 693 g/mol. The number of ether oxygens (including phenoxy) is 4. The Bertz CT molecular complexity index is 1410. The first-order valence-electron chi connectivity index (χ1n) is 15.0. The number of anilines is 1. The summed E-state index contributed by atoms with van der Waals surface area (Å²) < 4.78 is 37.6. The summed E-state index contributed by atoms with van der Waals surface area (Å²) in [6.07, 6.45) is 2.12. The quantitative estimate of drug-likeness (QED) is 0.185. The summed E-state index contributed by atoms with van der Waals surface area (Å²) in [4.78, 5) is 28.7. The Morgan fingerprint density at radius 1 is 1.09 bits per heavy atom. The maximum Gasteiger partial charge on any atom is 0.303 e. The van der Waals surface area contributed by atoms with Crippen molar-refractivity contribution in [2.24, 2.45) is 5.92 Å². The molecule has 2 aromatic rings. The van der Waals surface area contributed by atoms with Crippen molar-refractivity contribution in [3.63, 3.8) is 0 Å². The van der Waals surface area contributed by atoms with Gasteiger partial charge in [-0.15, -0.1) is 17.0 Å². The number of unbranched alkanes of at least 4 members (excludes halogenated alkanes) is 1. The fourth-order valence-electron chi connectivity index (χ4n) is 5.92. The Kier molecular flexibility index (Phi) is 12.2. The molecule has 1 saturated heterocycles. The lowest BCUT2D eigenvalue weighted by Crippen LogP contribution is -2.31. The number of hydrogen-bond acceptors (Lipinski definition) is 8. The highest BCUT2D eigenvalue weighted by atomic mass is 79.9. The average molecular weight is 695 g/mol. The van der Waals surface area contributed by atoms with Crippen LogP contribution in [0.1, 0.15) is 73.5 Å². The minimum absolute atomic E-state index is 0. The van der Waals surface area contributed by atoms with E-state index >= 15 is 4.39 Å². The zero-order valence-corrected chi connectivity index (χ0v) is 28.7. The molecule has 1 fully saturated rings. The molecular formula is C33H45BrFN3O7. The Labute approximate surface area is 275 Å². The van der Waals surface area contributed by atoms with E-state index in [1.165, 1.54) is 14.2 Å². The maximum atomic E-state index is 15.3. The summed E-state index contributed by atoms with van der Waals surface area (Å²) in [5.41, 5.74) is 2.46. The van der Waals surface area contributed by atoms with Crippen molar-refractivity contribution in [3.8, 4) is 17.2 Å². The van der Waals surface area contributed by atoms with Gasteiger partial charge in [0, 0.05) is 50.2 Å². The Hall–Kier alpha value is -3.38. The molecule has 0 aromatic heterocycles. The molecule has 2 heterocycles. The minimum atomic E-state index is -0.833. The van der Waals surface area contributed by atoms with E-state index in [-0.39, 0.29) is 70.6 Å². The molecule has 0 bridgehead atoms. The number of carboxylic acid groups (broad SMARTS) is 1. The molecule has 0 amide bonds. The Morgan fingerprint density at radius 3 is 2.44 bits per heavy atom. The molecule has 2 aromatic carbocycles. The fourth-order valence-corrected chi connectivity index (χ4v) is 5.92. The van der Waals surface area contributed by atoms with Gasteiger partial charge >= 0.3 is 5.97 Å². The number of nitrogens with one attached hydrogen (secondary N) is 1. The van der Waals surface area contributed by atoms with Gasteiger partial charge in [0.05, 0.1) is 45.2 Å². The molecular weight excluding hydrogens is 649 g/mol. The normalized spacial score (nSPS) is 16.0. The number of benzene rings is 2. The number of carboxylic acids is 1. The summed E-state index contributed by atoms with van der Waals surface area (Å²) in [5.74, 6) is -0.581. The van der Waals surface area contributed by atoms with Gasteiger partial charge in [-0.25, -0.2) is 4.39 Å². The molecule has 1 atom stereocenters. The van der Waals surface area contributed by atoms with E-state index in [0.717, 1.165) is 30.8 Å². The molecule has 2 aliphatic heterocycles. The lowest BCUT2D eigenvalue weighted by molar-refractivity contribution is -0.137. The van der Waals surface area contributed by atoms with E-state index in [2.05, 4.69) is 25.7 Å². The van der Waals surface area contributed by atoms with Crippen LogP contribution in [0.3, 0.4) is 0 Å². The van der Waals surface area contributed by atoms with Crippen molar-refractivity contribution in [2.75, 3.05) is 59.1 Å². The maximum absolute atomic E-state index is 15.3. The summed E-state index contributed by atoms with van der Waals surface area (Å²) in [5, 5.41) is 17.7. The lowest BCUT2D eigenvalue weighted by Gasteiger charge is -2.30. The summed E-state index contributed by atoms with van der Waals surface area (Å²) >= 11 is 0. The van der Waals surface area contributed by atoms with Gasteiger partial charge in [-0.1, -0.05) is 20.8 Å². The van der Waals surface area contributed by atoms with Crippen LogP contribution in [-0.2, 0) is 21.5 Å². The molecule has 0 spiro atoms. The van der Waals surface area contributed by atoms with Crippen LogP contribution in [0.25, 0.3) is 0 Å². The van der Waals surface area contributed by atoms with Crippen LogP contribution in [0, 0.1) is 17.1 Å². The highest BCUT2D eigenvalue weighted by Gasteiger charge is 2.34. The van der Waals surface area contributed by atoms with Crippen molar-refractivity contribution >= 4 is 40.3 Å². The summed E-state index contributed by atoms with van der Waals surface area (Å²) in [6.45, 7) is 8.78. The zero-order chi connectivity index (χ0) is 32.2. The molecule has 1 unspecified atom stereocenters. The lowest BCUT2D eigenvalue weighted by atomic mass is 9.84. The third kappa shape index (κ3) is 8.07. The van der Waals surface area contributed by atoms with Gasteiger partial charge in [0.2, 0.25) is 0 Å². The SMILES string of the molecule is Br.COCC1CCN(c2cc(C(=O)CN3Cc4cc(OC)c(OC)c(F)c4C3=N)cc(C(C)(C)C)c2OCCCCC(=O)O)C1. The second-order valence-electron chi connectivity index (χ2n) is 12.5. The molecule has 4 rings (SSSR count). The number of Topliss-reactive ketones (excluding diaryl/α,β-unsaturated/α-hetero) is 1. The Balaban J connectivity index is 0.00000552. The molecule has 0 radical (unpaired) electrons. The molecule has 0 saturated carbocycles. The third-order valence-electron chi connectivity index (χ3n) is 8.20. The van der Waals surface area contributed by atoms with Gasteiger partial charge in [0.15, 0.2) is 23.1 Å². The number of methoxy groups -OCH3 is 3. The molecule has 2 N–H and O–H groups in total. The van der Waals surface area contributed by atoms with E-state index in [9.17, 15) is 9.59 Å². The number of aliphatic carboxylic acids is 1. The highest BCUT2D eigenvalue weighted by molar-refractivity contribution is 8.93. The first-order valence-corrected chi connectivity index (χ1v) is 15.0. The molecule has 0 aliphatic carbocycles. The van der Waals surface area contributed by atoms with Crippen LogP contribution in [0.5, 0.6) is 17.2 Å². The number of ketones is 1. The number of amidine groups is 1. The van der Waals surface area contributed by atoms with E-state index in [1.807, 2.05) is 12.1 Å². The van der Waals surface area contributed by atoms with E-state index in [1.54, 1.807) is 18.1 Å².